The Hall–Kier alpha value is -2.40. The van der Waals surface area contributed by atoms with Crippen LogP contribution in [0.15, 0.2) is 42.9 Å². The number of carbonyl (C=O) groups excluding carboxylic acids is 1. The zero-order chi connectivity index (χ0) is 16.4. The van der Waals surface area contributed by atoms with Crippen LogP contribution in [0.4, 0.5) is 0 Å². The third kappa shape index (κ3) is 3.19. The highest BCUT2D eigenvalue weighted by atomic mass is 35.5. The summed E-state index contributed by atoms with van der Waals surface area (Å²) in [5.41, 5.74) is 3.37. The largest absolute Gasteiger partial charge is 0.348 e. The zero-order valence-corrected chi connectivity index (χ0v) is 13.7. The van der Waals surface area contributed by atoms with Crippen LogP contribution in [0, 0.1) is 0 Å². The number of imidazole rings is 1. The van der Waals surface area contributed by atoms with Crippen molar-refractivity contribution in [2.75, 3.05) is 0 Å². The van der Waals surface area contributed by atoms with E-state index in [4.69, 9.17) is 11.6 Å². The van der Waals surface area contributed by atoms with E-state index in [0.717, 1.165) is 16.6 Å². The van der Waals surface area contributed by atoms with E-state index in [0.29, 0.717) is 18.2 Å². The maximum absolute atomic E-state index is 12.1. The second kappa shape index (κ2) is 6.38. The summed E-state index contributed by atoms with van der Waals surface area (Å²) >= 11 is 5.93. The van der Waals surface area contributed by atoms with Crippen LogP contribution in [0.5, 0.6) is 0 Å². The lowest BCUT2D eigenvalue weighted by Crippen LogP contribution is -2.23. The van der Waals surface area contributed by atoms with Gasteiger partial charge < -0.3 is 9.88 Å². The second-order valence-electron chi connectivity index (χ2n) is 5.59. The monoisotopic (exact) mass is 328 g/mol. The summed E-state index contributed by atoms with van der Waals surface area (Å²) in [7, 11) is 0. The highest BCUT2D eigenvalue weighted by Crippen LogP contribution is 2.19. The molecule has 0 aliphatic heterocycles. The molecule has 0 unspecified atom stereocenters. The molecule has 1 amide bonds. The Morgan fingerprint density at radius 3 is 2.87 bits per heavy atom. The molecule has 0 atom stereocenters. The van der Waals surface area contributed by atoms with E-state index < -0.39 is 0 Å². The lowest BCUT2D eigenvalue weighted by molar-refractivity contribution is 0.0950. The Morgan fingerprint density at radius 2 is 2.13 bits per heavy atom. The number of amides is 1. The molecule has 3 aromatic rings. The number of nitrogens with one attached hydrogen (secondary N) is 1. The van der Waals surface area contributed by atoms with Gasteiger partial charge in [0, 0.05) is 18.8 Å². The van der Waals surface area contributed by atoms with Gasteiger partial charge in [0.05, 0.1) is 22.9 Å². The SMILES string of the molecule is CC(C)n1cnc2cc(CNC(=O)c3cccnc3Cl)ccc21. The van der Waals surface area contributed by atoms with Crippen LogP contribution >= 0.6 is 11.6 Å². The molecule has 0 saturated heterocycles. The Balaban J connectivity index is 1.75. The first-order valence-electron chi connectivity index (χ1n) is 7.40. The molecule has 0 spiro atoms. The molecule has 5 nitrogen and oxygen atoms in total. The van der Waals surface area contributed by atoms with Crippen molar-refractivity contribution in [1.82, 2.24) is 19.9 Å². The van der Waals surface area contributed by atoms with Gasteiger partial charge in [-0.25, -0.2) is 9.97 Å². The lowest BCUT2D eigenvalue weighted by atomic mass is 10.2. The Bertz CT molecular complexity index is 857. The van der Waals surface area contributed by atoms with E-state index in [-0.39, 0.29) is 11.1 Å². The zero-order valence-electron chi connectivity index (χ0n) is 13.0. The summed E-state index contributed by atoms with van der Waals surface area (Å²) in [6, 6.07) is 9.70. The molecule has 118 valence electrons. The highest BCUT2D eigenvalue weighted by molar-refractivity contribution is 6.32. The summed E-state index contributed by atoms with van der Waals surface area (Å²) in [4.78, 5) is 20.5. The number of hydrogen-bond donors (Lipinski definition) is 1. The fourth-order valence-corrected chi connectivity index (χ4v) is 2.64. The summed E-state index contributed by atoms with van der Waals surface area (Å²) in [6.07, 6.45) is 3.39. The first kappa shape index (κ1) is 15.5. The molecule has 0 bridgehead atoms. The van der Waals surface area contributed by atoms with E-state index in [1.54, 1.807) is 18.3 Å². The Labute approximate surface area is 139 Å². The van der Waals surface area contributed by atoms with Crippen molar-refractivity contribution in [3.8, 4) is 0 Å². The van der Waals surface area contributed by atoms with Gasteiger partial charge in [-0.2, -0.15) is 0 Å². The molecule has 0 saturated carbocycles. The number of nitrogens with zero attached hydrogens (tertiary/aromatic N) is 3. The molecular weight excluding hydrogens is 312 g/mol. The fraction of sp³-hybridized carbons (Fsp3) is 0.235. The smallest absolute Gasteiger partial charge is 0.254 e. The molecule has 0 fully saturated rings. The van der Waals surface area contributed by atoms with E-state index in [1.165, 1.54) is 0 Å². The number of carbonyl (C=O) groups is 1. The van der Waals surface area contributed by atoms with Crippen molar-refractivity contribution in [3.05, 3.63) is 59.1 Å². The summed E-state index contributed by atoms with van der Waals surface area (Å²) in [5, 5.41) is 3.06. The van der Waals surface area contributed by atoms with Gasteiger partial charge in [-0.3, -0.25) is 4.79 Å². The fourth-order valence-electron chi connectivity index (χ4n) is 2.43. The predicted octanol–water partition coefficient (Wildman–Crippen LogP) is 3.60. The van der Waals surface area contributed by atoms with Gasteiger partial charge in [0.25, 0.3) is 5.91 Å². The first-order chi connectivity index (χ1) is 11.1. The van der Waals surface area contributed by atoms with Gasteiger partial charge in [-0.05, 0) is 43.7 Å². The predicted molar refractivity (Wildman–Crippen MR) is 90.5 cm³/mol. The summed E-state index contributed by atoms with van der Waals surface area (Å²) < 4.78 is 2.12. The van der Waals surface area contributed by atoms with Crippen LogP contribution in [-0.4, -0.2) is 20.4 Å². The first-order valence-corrected chi connectivity index (χ1v) is 7.78. The minimum atomic E-state index is -0.240. The molecule has 6 heteroatoms. The van der Waals surface area contributed by atoms with Crippen molar-refractivity contribution in [1.29, 1.82) is 0 Å². The number of pyridine rings is 1. The molecule has 1 N–H and O–H groups in total. The van der Waals surface area contributed by atoms with Crippen LogP contribution in [0.3, 0.4) is 0 Å². The third-order valence-electron chi connectivity index (χ3n) is 3.65. The molecule has 0 aliphatic carbocycles. The van der Waals surface area contributed by atoms with Gasteiger partial charge in [0.1, 0.15) is 5.15 Å². The average molecular weight is 329 g/mol. The quantitative estimate of drug-likeness (QED) is 0.744. The van der Waals surface area contributed by atoms with Crippen molar-refractivity contribution in [3.63, 3.8) is 0 Å². The minimum absolute atomic E-state index is 0.205. The summed E-state index contributed by atoms with van der Waals surface area (Å²) in [5.74, 6) is -0.240. The minimum Gasteiger partial charge on any atom is -0.348 e. The molecule has 0 aliphatic rings. The number of fused-ring (bicyclic) bond motifs is 1. The van der Waals surface area contributed by atoms with Gasteiger partial charge >= 0.3 is 0 Å². The maximum atomic E-state index is 12.1. The topological polar surface area (TPSA) is 59.8 Å². The van der Waals surface area contributed by atoms with Gasteiger partial charge in [-0.1, -0.05) is 17.7 Å². The van der Waals surface area contributed by atoms with E-state index in [1.807, 2.05) is 24.5 Å². The standard InChI is InChI=1S/C17H17ClN4O/c1-11(2)22-10-21-14-8-12(5-6-15(14)22)9-20-17(23)13-4-3-7-19-16(13)18/h3-8,10-11H,9H2,1-2H3,(H,20,23). The van der Waals surface area contributed by atoms with E-state index in [9.17, 15) is 4.79 Å². The van der Waals surface area contributed by atoms with Gasteiger partial charge in [0.15, 0.2) is 0 Å². The van der Waals surface area contributed by atoms with Crippen LogP contribution in [0.1, 0.15) is 35.8 Å². The molecule has 3 rings (SSSR count). The Morgan fingerprint density at radius 1 is 1.30 bits per heavy atom. The van der Waals surface area contributed by atoms with Crippen LogP contribution < -0.4 is 5.32 Å². The normalized spacial score (nSPS) is 11.1. The second-order valence-corrected chi connectivity index (χ2v) is 5.95. The molecular formula is C17H17ClN4O. The molecule has 23 heavy (non-hydrogen) atoms. The van der Waals surface area contributed by atoms with Crippen molar-refractivity contribution in [2.24, 2.45) is 0 Å². The van der Waals surface area contributed by atoms with E-state index >= 15 is 0 Å². The number of benzene rings is 1. The highest BCUT2D eigenvalue weighted by Gasteiger charge is 2.11. The van der Waals surface area contributed by atoms with Crippen molar-refractivity contribution < 1.29 is 4.79 Å². The number of halogens is 1. The van der Waals surface area contributed by atoms with Crippen molar-refractivity contribution in [2.45, 2.75) is 26.4 Å². The molecule has 2 heterocycles. The molecule has 0 radical (unpaired) electrons. The van der Waals surface area contributed by atoms with Crippen LogP contribution in [-0.2, 0) is 6.54 Å². The lowest BCUT2D eigenvalue weighted by Gasteiger charge is -2.09. The molecule has 2 aromatic heterocycles. The van der Waals surface area contributed by atoms with E-state index in [2.05, 4.69) is 33.7 Å². The van der Waals surface area contributed by atoms with Crippen molar-refractivity contribution >= 4 is 28.5 Å². The van der Waals surface area contributed by atoms with Crippen LogP contribution in [0.25, 0.3) is 11.0 Å². The van der Waals surface area contributed by atoms with Crippen LogP contribution in [0.2, 0.25) is 5.15 Å². The third-order valence-corrected chi connectivity index (χ3v) is 3.95. The van der Waals surface area contributed by atoms with Gasteiger partial charge in [-0.15, -0.1) is 0 Å². The summed E-state index contributed by atoms with van der Waals surface area (Å²) in [6.45, 7) is 4.65. The average Bonchev–Trinajstić information content (AvgIpc) is 2.96. The number of hydrogen-bond acceptors (Lipinski definition) is 3. The number of aromatic nitrogens is 3. The Kier molecular flexibility index (Phi) is 4.30. The molecule has 1 aromatic carbocycles. The maximum Gasteiger partial charge on any atom is 0.254 e. The van der Waals surface area contributed by atoms with Gasteiger partial charge in [0.2, 0.25) is 0 Å². The number of rotatable bonds is 4.